The van der Waals surface area contributed by atoms with Gasteiger partial charge in [-0.05, 0) is 26.3 Å². The molecule has 25 heavy (non-hydrogen) atoms. The van der Waals surface area contributed by atoms with Gasteiger partial charge in [0, 0.05) is 22.7 Å². The summed E-state index contributed by atoms with van der Waals surface area (Å²) < 4.78 is 7.23. The number of esters is 1. The van der Waals surface area contributed by atoms with Gasteiger partial charge in [-0.25, -0.2) is 9.78 Å². The summed E-state index contributed by atoms with van der Waals surface area (Å²) in [5.41, 5.74) is 3.70. The van der Waals surface area contributed by atoms with Crippen molar-refractivity contribution in [3.05, 3.63) is 53.3 Å². The van der Waals surface area contributed by atoms with E-state index in [2.05, 4.69) is 26.8 Å². The summed E-state index contributed by atoms with van der Waals surface area (Å²) in [4.78, 5) is 17.0. The largest absolute Gasteiger partial charge is 0.455 e. The van der Waals surface area contributed by atoms with Crippen LogP contribution in [0.3, 0.4) is 0 Å². The summed E-state index contributed by atoms with van der Waals surface area (Å²) >= 11 is 0. The highest BCUT2D eigenvalue weighted by atomic mass is 16.5. The first kappa shape index (κ1) is 15.4. The van der Waals surface area contributed by atoms with Gasteiger partial charge in [0.15, 0.2) is 0 Å². The van der Waals surface area contributed by atoms with Crippen LogP contribution in [0.25, 0.3) is 22.2 Å². The van der Waals surface area contributed by atoms with Crippen LogP contribution in [0.5, 0.6) is 0 Å². The van der Waals surface area contributed by atoms with Crippen molar-refractivity contribution >= 4 is 17.0 Å². The first-order chi connectivity index (χ1) is 11.9. The predicted octanol–water partition coefficient (Wildman–Crippen LogP) is 4.00. The third-order valence-corrected chi connectivity index (χ3v) is 4.46. The average Bonchev–Trinajstić information content (AvgIpc) is 3.14. The Hall–Kier alpha value is -3.13. The van der Waals surface area contributed by atoms with Crippen molar-refractivity contribution < 1.29 is 9.53 Å². The number of carbonyl (C=O) groups excluding carboxylic acids is 1. The second-order valence-electron chi connectivity index (χ2n) is 7.14. The molecule has 0 saturated heterocycles. The number of aromatic nitrogens is 2. The number of hydrogen-bond donors (Lipinski definition) is 0. The number of pyridine rings is 1. The Balaban J connectivity index is 2.22. The molecule has 1 aliphatic heterocycles. The third-order valence-electron chi connectivity index (χ3n) is 4.46. The van der Waals surface area contributed by atoms with Crippen molar-refractivity contribution in [2.75, 3.05) is 0 Å². The van der Waals surface area contributed by atoms with E-state index in [1.54, 1.807) is 0 Å². The Morgan fingerprint density at radius 3 is 2.56 bits per heavy atom. The number of nitrogens with zero attached hydrogens (tertiary/aromatic N) is 3. The molecular formula is C20H17N3O2. The van der Waals surface area contributed by atoms with Crippen molar-refractivity contribution in [1.82, 2.24) is 9.55 Å². The summed E-state index contributed by atoms with van der Waals surface area (Å²) in [7, 11) is 0. The summed E-state index contributed by atoms with van der Waals surface area (Å²) in [6.45, 7) is 6.35. The molecule has 5 heteroatoms. The number of hydrogen-bond acceptors (Lipinski definition) is 4. The molecule has 0 amide bonds. The standard InChI is InChI=1S/C20H17N3O2/c1-20(2,3)23-10-13(9-21)16-15(12-7-5-4-6-8-12)17-14(22-18(16)23)11-25-19(17)24/h4-8,10H,11H2,1-3H3. The monoisotopic (exact) mass is 331 g/mol. The van der Waals surface area contributed by atoms with Gasteiger partial charge in [0.2, 0.25) is 0 Å². The van der Waals surface area contributed by atoms with E-state index in [0.717, 1.165) is 11.1 Å². The summed E-state index contributed by atoms with van der Waals surface area (Å²) in [5.74, 6) is -0.379. The van der Waals surface area contributed by atoms with Crippen LogP contribution in [0.2, 0.25) is 0 Å². The Kier molecular flexibility index (Phi) is 3.19. The van der Waals surface area contributed by atoms with E-state index in [1.807, 2.05) is 41.1 Å². The van der Waals surface area contributed by atoms with Gasteiger partial charge in [-0.15, -0.1) is 0 Å². The van der Waals surface area contributed by atoms with Gasteiger partial charge < -0.3 is 9.30 Å². The number of cyclic esters (lactones) is 1. The molecule has 124 valence electrons. The van der Waals surface area contributed by atoms with E-state index in [4.69, 9.17) is 9.72 Å². The van der Waals surface area contributed by atoms with Crippen molar-refractivity contribution in [1.29, 1.82) is 5.26 Å². The van der Waals surface area contributed by atoms with Gasteiger partial charge in [-0.2, -0.15) is 5.26 Å². The molecule has 0 N–H and O–H groups in total. The SMILES string of the molecule is CC(C)(C)n1cc(C#N)c2c(-c3ccccc3)c3c(nc21)COC3=O. The molecule has 0 unspecified atom stereocenters. The highest BCUT2D eigenvalue weighted by Gasteiger charge is 2.32. The number of nitriles is 1. The van der Waals surface area contributed by atoms with Crippen molar-refractivity contribution in [2.24, 2.45) is 0 Å². The van der Waals surface area contributed by atoms with E-state index in [9.17, 15) is 10.1 Å². The van der Waals surface area contributed by atoms with Crippen LogP contribution in [0.4, 0.5) is 0 Å². The van der Waals surface area contributed by atoms with Crippen LogP contribution in [0.15, 0.2) is 36.5 Å². The van der Waals surface area contributed by atoms with Crippen molar-refractivity contribution in [2.45, 2.75) is 32.9 Å². The molecule has 3 heterocycles. The summed E-state index contributed by atoms with van der Waals surface area (Å²) in [6.07, 6.45) is 1.82. The molecule has 4 rings (SSSR count). The van der Waals surface area contributed by atoms with Gasteiger partial charge in [-0.1, -0.05) is 30.3 Å². The fourth-order valence-corrected chi connectivity index (χ4v) is 3.32. The van der Waals surface area contributed by atoms with Crippen LogP contribution < -0.4 is 0 Å². The smallest absolute Gasteiger partial charge is 0.341 e. The maximum absolute atomic E-state index is 12.4. The van der Waals surface area contributed by atoms with Crippen LogP contribution >= 0.6 is 0 Å². The van der Waals surface area contributed by atoms with Gasteiger partial charge in [-0.3, -0.25) is 0 Å². The molecule has 0 bridgehead atoms. The molecule has 1 aromatic carbocycles. The van der Waals surface area contributed by atoms with E-state index in [0.29, 0.717) is 27.9 Å². The molecule has 0 fully saturated rings. The second-order valence-corrected chi connectivity index (χ2v) is 7.14. The number of rotatable bonds is 1. The Morgan fingerprint density at radius 1 is 1.20 bits per heavy atom. The second kappa shape index (κ2) is 5.18. The zero-order valence-corrected chi connectivity index (χ0v) is 14.3. The summed E-state index contributed by atoms with van der Waals surface area (Å²) in [5, 5.41) is 10.4. The van der Waals surface area contributed by atoms with E-state index >= 15 is 0 Å². The van der Waals surface area contributed by atoms with Gasteiger partial charge >= 0.3 is 5.97 Å². The van der Waals surface area contributed by atoms with E-state index < -0.39 is 0 Å². The quantitative estimate of drug-likeness (QED) is 0.632. The lowest BCUT2D eigenvalue weighted by Crippen LogP contribution is -2.21. The molecule has 1 aliphatic rings. The molecule has 2 aromatic heterocycles. The Morgan fingerprint density at radius 2 is 1.92 bits per heavy atom. The first-order valence-corrected chi connectivity index (χ1v) is 8.13. The van der Waals surface area contributed by atoms with Gasteiger partial charge in [0.05, 0.1) is 16.8 Å². The topological polar surface area (TPSA) is 67.9 Å². The van der Waals surface area contributed by atoms with Crippen LogP contribution in [0, 0.1) is 11.3 Å². The molecule has 5 nitrogen and oxygen atoms in total. The molecule has 0 spiro atoms. The fourth-order valence-electron chi connectivity index (χ4n) is 3.32. The predicted molar refractivity (Wildman–Crippen MR) is 94.0 cm³/mol. The minimum atomic E-state index is -0.379. The highest BCUT2D eigenvalue weighted by Crippen LogP contribution is 2.39. The molecule has 0 aliphatic carbocycles. The minimum Gasteiger partial charge on any atom is -0.455 e. The third kappa shape index (κ3) is 2.22. The van der Waals surface area contributed by atoms with Crippen LogP contribution in [-0.4, -0.2) is 15.5 Å². The van der Waals surface area contributed by atoms with Crippen LogP contribution in [0.1, 0.15) is 42.4 Å². The van der Waals surface area contributed by atoms with Crippen LogP contribution in [-0.2, 0) is 16.9 Å². The Bertz CT molecular complexity index is 1050. The lowest BCUT2D eigenvalue weighted by atomic mass is 9.95. The minimum absolute atomic E-state index is 0.168. The zero-order valence-electron chi connectivity index (χ0n) is 14.3. The number of fused-ring (bicyclic) bond motifs is 2. The first-order valence-electron chi connectivity index (χ1n) is 8.13. The zero-order chi connectivity index (χ0) is 17.8. The summed E-state index contributed by atoms with van der Waals surface area (Å²) in [6, 6.07) is 11.9. The van der Waals surface area contributed by atoms with E-state index in [-0.39, 0.29) is 18.1 Å². The molecular weight excluding hydrogens is 314 g/mol. The van der Waals surface area contributed by atoms with Gasteiger partial charge in [0.25, 0.3) is 0 Å². The number of ether oxygens (including phenoxy) is 1. The molecule has 0 saturated carbocycles. The van der Waals surface area contributed by atoms with E-state index in [1.165, 1.54) is 0 Å². The lowest BCUT2D eigenvalue weighted by molar-refractivity contribution is 0.0534. The van der Waals surface area contributed by atoms with Crippen molar-refractivity contribution in [3.63, 3.8) is 0 Å². The number of benzene rings is 1. The molecule has 3 aromatic rings. The average molecular weight is 331 g/mol. The molecule has 0 atom stereocenters. The Labute approximate surface area is 145 Å². The highest BCUT2D eigenvalue weighted by molar-refractivity contribution is 6.10. The normalized spacial score (nSPS) is 13.6. The maximum Gasteiger partial charge on any atom is 0.341 e. The van der Waals surface area contributed by atoms with Crippen molar-refractivity contribution in [3.8, 4) is 17.2 Å². The fraction of sp³-hybridized carbons (Fsp3) is 0.250. The number of carbonyl (C=O) groups is 1. The molecule has 0 radical (unpaired) electrons. The van der Waals surface area contributed by atoms with Gasteiger partial charge in [0.1, 0.15) is 18.3 Å². The lowest BCUT2D eigenvalue weighted by Gasteiger charge is -2.22. The maximum atomic E-state index is 12.4.